The summed E-state index contributed by atoms with van der Waals surface area (Å²) >= 11 is 6.53. The fourth-order valence-corrected chi connectivity index (χ4v) is 4.09. The number of nitrogens with zero attached hydrogens (tertiary/aromatic N) is 1. The van der Waals surface area contributed by atoms with Crippen molar-refractivity contribution in [3.05, 3.63) is 34.9 Å². The van der Waals surface area contributed by atoms with Crippen LogP contribution < -0.4 is 10.6 Å². The highest BCUT2D eigenvalue weighted by Gasteiger charge is 2.36. The van der Waals surface area contributed by atoms with Gasteiger partial charge in [-0.25, -0.2) is 0 Å². The molecule has 0 spiro atoms. The van der Waals surface area contributed by atoms with E-state index < -0.39 is 0 Å². The maximum atomic E-state index is 6.53. The highest BCUT2D eigenvalue weighted by atomic mass is 127. The van der Waals surface area contributed by atoms with Crippen LogP contribution in [0.1, 0.15) is 38.2 Å². The van der Waals surface area contributed by atoms with Gasteiger partial charge < -0.3 is 20.1 Å². The fraction of sp³-hybridized carbons (Fsp3) is 0.650. The van der Waals surface area contributed by atoms with Crippen molar-refractivity contribution in [3.8, 4) is 0 Å². The first kappa shape index (κ1) is 22.7. The molecule has 3 rings (SSSR count). The summed E-state index contributed by atoms with van der Waals surface area (Å²) in [7, 11) is 0. The second-order valence-corrected chi connectivity index (χ2v) is 7.49. The molecule has 2 saturated heterocycles. The quantitative estimate of drug-likeness (QED) is 0.350. The van der Waals surface area contributed by atoms with Crippen LogP contribution in [0.15, 0.2) is 29.3 Å². The van der Waals surface area contributed by atoms with E-state index >= 15 is 0 Å². The maximum absolute atomic E-state index is 6.53. The van der Waals surface area contributed by atoms with Crippen molar-refractivity contribution in [1.29, 1.82) is 0 Å². The van der Waals surface area contributed by atoms with Crippen LogP contribution in [-0.2, 0) is 14.9 Å². The van der Waals surface area contributed by atoms with E-state index in [-0.39, 0.29) is 29.4 Å². The van der Waals surface area contributed by atoms with Gasteiger partial charge in [0.2, 0.25) is 0 Å². The van der Waals surface area contributed by atoms with Crippen LogP contribution in [0.3, 0.4) is 0 Å². The zero-order valence-electron chi connectivity index (χ0n) is 16.0. The summed E-state index contributed by atoms with van der Waals surface area (Å²) in [5.41, 5.74) is 1.12. The van der Waals surface area contributed by atoms with E-state index in [1.807, 2.05) is 12.1 Å². The van der Waals surface area contributed by atoms with E-state index in [9.17, 15) is 0 Å². The van der Waals surface area contributed by atoms with Gasteiger partial charge in [0, 0.05) is 43.3 Å². The fourth-order valence-electron chi connectivity index (χ4n) is 3.75. The van der Waals surface area contributed by atoms with Crippen LogP contribution in [0.2, 0.25) is 5.02 Å². The van der Waals surface area contributed by atoms with Crippen LogP contribution in [0.5, 0.6) is 0 Å². The van der Waals surface area contributed by atoms with Crippen molar-refractivity contribution < 1.29 is 9.47 Å². The van der Waals surface area contributed by atoms with E-state index in [0.29, 0.717) is 12.6 Å². The van der Waals surface area contributed by atoms with Gasteiger partial charge in [0.15, 0.2) is 5.96 Å². The highest BCUT2D eigenvalue weighted by Crippen LogP contribution is 2.38. The van der Waals surface area contributed by atoms with Gasteiger partial charge in [-0.15, -0.1) is 24.0 Å². The summed E-state index contributed by atoms with van der Waals surface area (Å²) in [5, 5.41) is 7.60. The second-order valence-electron chi connectivity index (χ2n) is 7.08. The molecular weight excluding hydrogens is 477 g/mol. The van der Waals surface area contributed by atoms with Gasteiger partial charge in [0.1, 0.15) is 0 Å². The molecule has 2 aliphatic rings. The van der Waals surface area contributed by atoms with Crippen LogP contribution >= 0.6 is 35.6 Å². The van der Waals surface area contributed by atoms with Gasteiger partial charge in [-0.05, 0) is 44.2 Å². The zero-order valence-corrected chi connectivity index (χ0v) is 19.1. The molecule has 1 aromatic carbocycles. The van der Waals surface area contributed by atoms with E-state index in [1.165, 1.54) is 5.56 Å². The standard InChI is InChI=1S/C20H30ClN3O2.HI/c1-2-22-19(23-14-16-6-5-11-26-16)24-15-20(9-12-25-13-10-20)17-7-3-4-8-18(17)21;/h3-4,7-8,16H,2,5-6,9-15H2,1H3,(H2,22,23,24);1H. The number of hydrogen-bond donors (Lipinski definition) is 2. The maximum Gasteiger partial charge on any atom is 0.191 e. The molecule has 5 nitrogen and oxygen atoms in total. The Bertz CT molecular complexity index is 603. The average molecular weight is 508 g/mol. The third kappa shape index (κ3) is 6.21. The largest absolute Gasteiger partial charge is 0.381 e. The summed E-state index contributed by atoms with van der Waals surface area (Å²) < 4.78 is 11.3. The lowest BCUT2D eigenvalue weighted by atomic mass is 9.74. The van der Waals surface area contributed by atoms with Crippen molar-refractivity contribution in [1.82, 2.24) is 10.6 Å². The number of benzene rings is 1. The minimum absolute atomic E-state index is 0. The lowest BCUT2D eigenvalue weighted by Crippen LogP contribution is -2.43. The van der Waals surface area contributed by atoms with E-state index in [4.69, 9.17) is 26.1 Å². The van der Waals surface area contributed by atoms with Crippen molar-refractivity contribution in [3.63, 3.8) is 0 Å². The van der Waals surface area contributed by atoms with E-state index in [1.54, 1.807) is 0 Å². The minimum Gasteiger partial charge on any atom is -0.381 e. The SMILES string of the molecule is CCNC(=NCC1(c2ccccc2Cl)CCOCC1)NCC1CCCO1.I. The first-order valence-corrected chi connectivity index (χ1v) is 10.1. The molecule has 7 heteroatoms. The normalized spacial score (nSPS) is 22.1. The lowest BCUT2D eigenvalue weighted by Gasteiger charge is -2.37. The second kappa shape index (κ2) is 11.4. The Morgan fingerprint density at radius 3 is 2.67 bits per heavy atom. The highest BCUT2D eigenvalue weighted by molar-refractivity contribution is 14.0. The van der Waals surface area contributed by atoms with Gasteiger partial charge in [-0.1, -0.05) is 29.8 Å². The molecule has 0 aliphatic carbocycles. The van der Waals surface area contributed by atoms with E-state index in [2.05, 4.69) is 29.7 Å². The molecule has 2 N–H and O–H groups in total. The summed E-state index contributed by atoms with van der Waals surface area (Å²) in [6, 6.07) is 8.15. The number of rotatable bonds is 6. The molecule has 1 unspecified atom stereocenters. The third-order valence-corrected chi connectivity index (χ3v) is 5.63. The molecule has 0 saturated carbocycles. The lowest BCUT2D eigenvalue weighted by molar-refractivity contribution is 0.0531. The summed E-state index contributed by atoms with van der Waals surface area (Å²) in [4.78, 5) is 4.91. The number of aliphatic imine (C=N–C) groups is 1. The smallest absolute Gasteiger partial charge is 0.191 e. The Kier molecular flexibility index (Phi) is 9.62. The summed E-state index contributed by atoms with van der Waals surface area (Å²) in [6.45, 7) is 6.78. The Morgan fingerprint density at radius 1 is 1.22 bits per heavy atom. The molecule has 2 fully saturated rings. The molecule has 27 heavy (non-hydrogen) atoms. The Morgan fingerprint density at radius 2 is 2.00 bits per heavy atom. The minimum atomic E-state index is -0.0667. The molecule has 0 aromatic heterocycles. The van der Waals surface area contributed by atoms with Gasteiger partial charge in [0.05, 0.1) is 12.6 Å². The molecule has 0 amide bonds. The van der Waals surface area contributed by atoms with Gasteiger partial charge >= 0.3 is 0 Å². The molecule has 152 valence electrons. The summed E-state index contributed by atoms with van der Waals surface area (Å²) in [5.74, 6) is 0.848. The molecule has 0 bridgehead atoms. The molecule has 1 aromatic rings. The molecule has 0 radical (unpaired) electrons. The number of halogens is 2. The first-order valence-electron chi connectivity index (χ1n) is 9.70. The Balaban J connectivity index is 0.00000261. The van der Waals surface area contributed by atoms with Crippen LogP contribution in [0, 0.1) is 0 Å². The first-order chi connectivity index (χ1) is 12.7. The van der Waals surface area contributed by atoms with Gasteiger partial charge in [-0.2, -0.15) is 0 Å². The predicted molar refractivity (Wildman–Crippen MR) is 122 cm³/mol. The van der Waals surface area contributed by atoms with Crippen LogP contribution in [0.4, 0.5) is 0 Å². The van der Waals surface area contributed by atoms with Gasteiger partial charge in [0.25, 0.3) is 0 Å². The number of nitrogens with one attached hydrogen (secondary N) is 2. The zero-order chi connectivity index (χ0) is 18.2. The number of ether oxygens (including phenoxy) is 2. The van der Waals surface area contributed by atoms with Crippen molar-refractivity contribution >= 4 is 41.5 Å². The van der Waals surface area contributed by atoms with E-state index in [0.717, 1.165) is 69.6 Å². The number of guanidine groups is 1. The molecule has 1 atom stereocenters. The summed E-state index contributed by atoms with van der Waals surface area (Å²) in [6.07, 6.45) is 4.43. The molecule has 2 aliphatic heterocycles. The molecule has 2 heterocycles. The Labute approximate surface area is 184 Å². The average Bonchev–Trinajstić information content (AvgIpc) is 3.19. The van der Waals surface area contributed by atoms with Crippen molar-refractivity contribution in [2.24, 2.45) is 4.99 Å². The Hall–Kier alpha value is -0.570. The predicted octanol–water partition coefficient (Wildman–Crippen LogP) is 3.74. The van der Waals surface area contributed by atoms with Crippen molar-refractivity contribution in [2.75, 3.05) is 39.5 Å². The monoisotopic (exact) mass is 507 g/mol. The van der Waals surface area contributed by atoms with Crippen LogP contribution in [0.25, 0.3) is 0 Å². The topological polar surface area (TPSA) is 54.9 Å². The van der Waals surface area contributed by atoms with Crippen LogP contribution in [-0.4, -0.2) is 51.5 Å². The van der Waals surface area contributed by atoms with Crippen molar-refractivity contribution in [2.45, 2.75) is 44.1 Å². The van der Waals surface area contributed by atoms with Gasteiger partial charge in [-0.3, -0.25) is 4.99 Å². The third-order valence-electron chi connectivity index (χ3n) is 5.30. The number of hydrogen-bond acceptors (Lipinski definition) is 3. The molecular formula is C20H31ClIN3O2.